The van der Waals surface area contributed by atoms with Crippen molar-refractivity contribution in [3.05, 3.63) is 46.7 Å². The molecule has 2 heterocycles. The average Bonchev–Trinajstić information content (AvgIpc) is 2.94. The Hall–Kier alpha value is -2.63. The SMILES string of the molecule is CC(C)c1ccc([C@@H]2Nc3nonc3NC3=C2C(=O)CCC3)cc1. The van der Waals surface area contributed by atoms with Crippen molar-refractivity contribution in [2.24, 2.45) is 0 Å². The molecule has 0 saturated heterocycles. The Morgan fingerprint density at radius 1 is 1.12 bits per heavy atom. The molecule has 0 unspecified atom stereocenters. The first kappa shape index (κ1) is 14.9. The third-order valence-corrected chi connectivity index (χ3v) is 4.72. The van der Waals surface area contributed by atoms with E-state index in [0.717, 1.165) is 29.7 Å². The van der Waals surface area contributed by atoms with Crippen molar-refractivity contribution in [1.29, 1.82) is 0 Å². The van der Waals surface area contributed by atoms with Crippen LogP contribution in [-0.4, -0.2) is 16.1 Å². The number of nitrogens with zero attached hydrogens (tertiary/aromatic N) is 2. The second-order valence-corrected chi connectivity index (χ2v) is 6.65. The molecule has 1 aliphatic heterocycles. The Morgan fingerprint density at radius 2 is 1.88 bits per heavy atom. The van der Waals surface area contributed by atoms with Crippen LogP contribution in [0.4, 0.5) is 11.6 Å². The standard InChI is InChI=1S/C18H20N4O2/c1-10(2)11-6-8-12(9-7-11)16-15-13(4-3-5-14(15)23)19-17-18(20-16)22-24-21-17/h6-10,16H,3-5H2,1-2H3,(H,19,21)(H,20,22)/t16-/m0/s1. The van der Waals surface area contributed by atoms with Gasteiger partial charge in [0.15, 0.2) is 5.78 Å². The molecule has 2 N–H and O–H groups in total. The summed E-state index contributed by atoms with van der Waals surface area (Å²) in [5, 5.41) is 14.4. The molecule has 0 amide bonds. The van der Waals surface area contributed by atoms with Crippen LogP contribution >= 0.6 is 0 Å². The Bertz CT molecular complexity index is 805. The van der Waals surface area contributed by atoms with Crippen molar-refractivity contribution in [2.45, 2.75) is 45.1 Å². The van der Waals surface area contributed by atoms with E-state index >= 15 is 0 Å². The van der Waals surface area contributed by atoms with Crippen LogP contribution in [0.15, 0.2) is 40.2 Å². The van der Waals surface area contributed by atoms with Gasteiger partial charge in [-0.05, 0) is 40.2 Å². The molecule has 4 rings (SSSR count). The minimum atomic E-state index is -0.241. The van der Waals surface area contributed by atoms with Gasteiger partial charge in [-0.2, -0.15) is 0 Å². The number of fused-ring (bicyclic) bond motifs is 1. The molecule has 0 saturated carbocycles. The highest BCUT2D eigenvalue weighted by molar-refractivity contribution is 6.00. The van der Waals surface area contributed by atoms with Gasteiger partial charge in [0, 0.05) is 17.7 Å². The summed E-state index contributed by atoms with van der Waals surface area (Å²) in [6.45, 7) is 4.34. The van der Waals surface area contributed by atoms with Crippen LogP contribution in [0.3, 0.4) is 0 Å². The first-order valence-corrected chi connectivity index (χ1v) is 8.35. The molecular weight excluding hydrogens is 304 g/mol. The lowest BCUT2D eigenvalue weighted by molar-refractivity contribution is -0.116. The highest BCUT2D eigenvalue weighted by atomic mass is 16.6. The monoisotopic (exact) mass is 324 g/mol. The van der Waals surface area contributed by atoms with Crippen molar-refractivity contribution in [2.75, 3.05) is 10.6 Å². The average molecular weight is 324 g/mol. The maximum atomic E-state index is 12.6. The lowest BCUT2D eigenvalue weighted by atomic mass is 9.86. The van der Waals surface area contributed by atoms with Crippen molar-refractivity contribution in [3.63, 3.8) is 0 Å². The van der Waals surface area contributed by atoms with Gasteiger partial charge in [0.1, 0.15) is 0 Å². The molecule has 0 fully saturated rings. The molecule has 24 heavy (non-hydrogen) atoms. The Labute approximate surface area is 140 Å². The van der Waals surface area contributed by atoms with Crippen LogP contribution in [0.25, 0.3) is 0 Å². The quantitative estimate of drug-likeness (QED) is 0.875. The zero-order valence-corrected chi connectivity index (χ0v) is 13.8. The maximum absolute atomic E-state index is 12.6. The van der Waals surface area contributed by atoms with E-state index in [0.29, 0.717) is 24.0 Å². The van der Waals surface area contributed by atoms with E-state index in [9.17, 15) is 4.79 Å². The van der Waals surface area contributed by atoms with E-state index in [1.54, 1.807) is 0 Å². The van der Waals surface area contributed by atoms with Gasteiger partial charge in [0.2, 0.25) is 11.6 Å². The second-order valence-electron chi connectivity index (χ2n) is 6.65. The molecular formula is C18H20N4O2. The summed E-state index contributed by atoms with van der Waals surface area (Å²) in [5.41, 5.74) is 4.03. The molecule has 1 aromatic heterocycles. The van der Waals surface area contributed by atoms with E-state index in [4.69, 9.17) is 4.63 Å². The number of hydrogen-bond acceptors (Lipinski definition) is 6. The van der Waals surface area contributed by atoms with Crippen LogP contribution in [0, 0.1) is 0 Å². The molecule has 2 aromatic rings. The topological polar surface area (TPSA) is 80.1 Å². The van der Waals surface area contributed by atoms with Crippen LogP contribution in [0.2, 0.25) is 0 Å². The van der Waals surface area contributed by atoms with Gasteiger partial charge >= 0.3 is 0 Å². The molecule has 1 aromatic carbocycles. The number of Topliss-reactive ketones (excluding diaryl/α,β-unsaturated/α-hetero) is 1. The van der Waals surface area contributed by atoms with E-state index in [-0.39, 0.29) is 11.8 Å². The minimum absolute atomic E-state index is 0.177. The van der Waals surface area contributed by atoms with E-state index < -0.39 is 0 Å². The van der Waals surface area contributed by atoms with Crippen LogP contribution in [0.1, 0.15) is 56.2 Å². The summed E-state index contributed by atoms with van der Waals surface area (Å²) < 4.78 is 4.83. The summed E-state index contributed by atoms with van der Waals surface area (Å²) >= 11 is 0. The van der Waals surface area contributed by atoms with Gasteiger partial charge in [-0.1, -0.05) is 38.1 Å². The smallest absolute Gasteiger partial charge is 0.219 e. The number of anilines is 2. The Balaban J connectivity index is 1.80. The van der Waals surface area contributed by atoms with Crippen LogP contribution < -0.4 is 10.6 Å². The summed E-state index contributed by atoms with van der Waals surface area (Å²) in [6.07, 6.45) is 2.26. The molecule has 6 nitrogen and oxygen atoms in total. The normalized spacial score (nSPS) is 20.1. The first-order chi connectivity index (χ1) is 11.6. The minimum Gasteiger partial charge on any atom is -0.353 e. The molecule has 124 valence electrons. The predicted molar refractivity (Wildman–Crippen MR) is 90.7 cm³/mol. The molecule has 0 radical (unpaired) electrons. The molecule has 2 aliphatic rings. The molecule has 6 heteroatoms. The number of rotatable bonds is 2. The Kier molecular flexibility index (Phi) is 3.59. The van der Waals surface area contributed by atoms with Crippen LogP contribution in [-0.2, 0) is 4.79 Å². The third kappa shape index (κ3) is 2.48. The highest BCUT2D eigenvalue weighted by Gasteiger charge is 2.33. The van der Waals surface area contributed by atoms with Gasteiger partial charge < -0.3 is 10.6 Å². The zero-order chi connectivity index (χ0) is 16.7. The number of ketones is 1. The number of aromatic nitrogens is 2. The number of benzene rings is 1. The summed E-state index contributed by atoms with van der Waals surface area (Å²) in [7, 11) is 0. The third-order valence-electron chi connectivity index (χ3n) is 4.72. The zero-order valence-electron chi connectivity index (χ0n) is 13.8. The summed E-state index contributed by atoms with van der Waals surface area (Å²) in [6, 6.07) is 8.16. The van der Waals surface area contributed by atoms with Crippen molar-refractivity contribution < 1.29 is 9.42 Å². The van der Waals surface area contributed by atoms with Gasteiger partial charge in [-0.3, -0.25) is 4.79 Å². The fourth-order valence-electron chi connectivity index (χ4n) is 3.37. The largest absolute Gasteiger partial charge is 0.353 e. The summed E-state index contributed by atoms with van der Waals surface area (Å²) in [5.74, 6) is 1.73. The number of carbonyl (C=O) groups excluding carboxylic acids is 1. The lowest BCUT2D eigenvalue weighted by Crippen LogP contribution is -2.23. The summed E-state index contributed by atoms with van der Waals surface area (Å²) in [4.78, 5) is 12.6. The fraction of sp³-hybridized carbons (Fsp3) is 0.389. The van der Waals surface area contributed by atoms with Crippen molar-refractivity contribution >= 4 is 17.4 Å². The molecule has 0 bridgehead atoms. The van der Waals surface area contributed by atoms with E-state index in [1.807, 2.05) is 0 Å². The maximum Gasteiger partial charge on any atom is 0.219 e. The molecule has 0 spiro atoms. The van der Waals surface area contributed by atoms with Gasteiger partial charge in [-0.15, -0.1) is 0 Å². The van der Waals surface area contributed by atoms with Gasteiger partial charge in [0.05, 0.1) is 6.04 Å². The molecule has 1 aliphatic carbocycles. The van der Waals surface area contributed by atoms with Crippen LogP contribution in [0.5, 0.6) is 0 Å². The predicted octanol–water partition coefficient (Wildman–Crippen LogP) is 3.78. The number of allylic oxidation sites excluding steroid dienone is 1. The van der Waals surface area contributed by atoms with Crippen molar-refractivity contribution in [1.82, 2.24) is 10.3 Å². The van der Waals surface area contributed by atoms with Crippen molar-refractivity contribution in [3.8, 4) is 0 Å². The van der Waals surface area contributed by atoms with Gasteiger partial charge in [-0.25, -0.2) is 4.63 Å². The second kappa shape index (κ2) is 5.78. The number of carbonyl (C=O) groups is 1. The highest BCUT2D eigenvalue weighted by Crippen LogP contribution is 2.39. The molecule has 1 atom stereocenters. The first-order valence-electron chi connectivity index (χ1n) is 8.35. The lowest BCUT2D eigenvalue weighted by Gasteiger charge is -2.25. The number of hydrogen-bond donors (Lipinski definition) is 2. The number of nitrogens with one attached hydrogen (secondary N) is 2. The van der Waals surface area contributed by atoms with Gasteiger partial charge in [0.25, 0.3) is 0 Å². The fourth-order valence-corrected chi connectivity index (χ4v) is 3.37. The van der Waals surface area contributed by atoms with E-state index in [1.165, 1.54) is 5.56 Å². The van der Waals surface area contributed by atoms with E-state index in [2.05, 4.69) is 59.1 Å². The Morgan fingerprint density at radius 3 is 2.62 bits per heavy atom.